The first kappa shape index (κ1) is 18.1. The summed E-state index contributed by atoms with van der Waals surface area (Å²) in [7, 11) is -0.334. The van der Waals surface area contributed by atoms with Crippen LogP contribution >= 0.6 is 7.60 Å². The molecule has 4 nitrogen and oxygen atoms in total. The average Bonchev–Trinajstić information content (AvgIpc) is 3.05. The van der Waals surface area contributed by atoms with Gasteiger partial charge in [0.05, 0.1) is 0 Å². The maximum absolute atomic E-state index is 13.2. The van der Waals surface area contributed by atoms with Crippen LogP contribution in [0.4, 0.5) is 0 Å². The number of hydrogen-bond acceptors (Lipinski definition) is 4. The topological polar surface area (TPSA) is 38.8 Å². The molecule has 0 bridgehead atoms. The van der Waals surface area contributed by atoms with Gasteiger partial charge in [0.1, 0.15) is 5.78 Å². The lowest BCUT2D eigenvalue weighted by Crippen LogP contribution is -2.32. The van der Waals surface area contributed by atoms with Gasteiger partial charge in [-0.1, -0.05) is 66.7 Å². The Labute approximate surface area is 149 Å². The Morgan fingerprint density at radius 1 is 0.960 bits per heavy atom. The van der Waals surface area contributed by atoms with Gasteiger partial charge in [-0.2, -0.15) is 0 Å². The summed E-state index contributed by atoms with van der Waals surface area (Å²) in [6.45, 7) is 1.44. The molecular weight excluding hydrogens is 333 g/mol. The smallest absolute Gasteiger partial charge is 0.311 e. The Kier molecular flexibility index (Phi) is 5.87. The molecule has 0 amide bonds. The summed E-state index contributed by atoms with van der Waals surface area (Å²) in [6.07, 6.45) is 2.90. The lowest BCUT2D eigenvalue weighted by Gasteiger charge is -2.31. The molecule has 1 unspecified atom stereocenters. The van der Waals surface area contributed by atoms with Gasteiger partial charge in [-0.15, -0.1) is 0 Å². The summed E-state index contributed by atoms with van der Waals surface area (Å²) in [5.74, 6) is -0.358. The van der Waals surface area contributed by atoms with Crippen molar-refractivity contribution in [1.82, 2.24) is 4.90 Å². The quantitative estimate of drug-likeness (QED) is 0.541. The van der Waals surface area contributed by atoms with E-state index in [1.807, 2.05) is 36.4 Å². The number of hydrogen-bond donors (Lipinski definition) is 0. The van der Waals surface area contributed by atoms with Crippen LogP contribution in [-0.4, -0.2) is 31.4 Å². The SMILES string of the molecule is COP(=O)(OC)C1C(Cc2ccccc2)=CCN1Cc1ccccc1. The lowest BCUT2D eigenvalue weighted by atomic mass is 10.1. The van der Waals surface area contributed by atoms with Crippen molar-refractivity contribution in [2.75, 3.05) is 20.8 Å². The lowest BCUT2D eigenvalue weighted by molar-refractivity contribution is 0.218. The van der Waals surface area contributed by atoms with Gasteiger partial charge in [-0.3, -0.25) is 9.46 Å². The fraction of sp³-hybridized carbons (Fsp3) is 0.300. The number of nitrogens with zero attached hydrogens (tertiary/aromatic N) is 1. The standard InChI is InChI=1S/C20H24NO3P/c1-23-25(22,24-2)20-19(15-17-9-5-3-6-10-17)13-14-21(20)16-18-11-7-4-8-12-18/h3-13,20H,14-16H2,1-2H3. The van der Waals surface area contributed by atoms with Crippen molar-refractivity contribution in [2.45, 2.75) is 18.7 Å². The van der Waals surface area contributed by atoms with E-state index in [2.05, 4.69) is 35.2 Å². The molecule has 0 radical (unpaired) electrons. The van der Waals surface area contributed by atoms with E-state index in [1.54, 1.807) is 0 Å². The van der Waals surface area contributed by atoms with Gasteiger partial charge in [0, 0.05) is 27.3 Å². The molecule has 0 aliphatic carbocycles. The Balaban J connectivity index is 1.86. The van der Waals surface area contributed by atoms with Gasteiger partial charge in [-0.05, 0) is 23.1 Å². The fourth-order valence-corrected chi connectivity index (χ4v) is 5.04. The Bertz CT molecular complexity index is 753. The first-order valence-corrected chi connectivity index (χ1v) is 9.99. The Morgan fingerprint density at radius 3 is 2.08 bits per heavy atom. The van der Waals surface area contributed by atoms with Crippen molar-refractivity contribution in [3.8, 4) is 0 Å². The third-order valence-corrected chi connectivity index (χ3v) is 6.83. The predicted molar refractivity (Wildman–Crippen MR) is 100 cm³/mol. The van der Waals surface area contributed by atoms with E-state index >= 15 is 0 Å². The van der Waals surface area contributed by atoms with Gasteiger partial charge < -0.3 is 9.05 Å². The van der Waals surface area contributed by atoms with Gasteiger partial charge in [-0.25, -0.2) is 0 Å². The molecule has 2 aromatic carbocycles. The zero-order valence-corrected chi connectivity index (χ0v) is 15.6. The van der Waals surface area contributed by atoms with Crippen LogP contribution in [0.5, 0.6) is 0 Å². The highest BCUT2D eigenvalue weighted by molar-refractivity contribution is 7.54. The van der Waals surface area contributed by atoms with Gasteiger partial charge in [0.2, 0.25) is 0 Å². The zero-order valence-electron chi connectivity index (χ0n) is 14.7. The van der Waals surface area contributed by atoms with E-state index in [-0.39, 0.29) is 5.78 Å². The minimum absolute atomic E-state index is 0.358. The highest BCUT2D eigenvalue weighted by atomic mass is 31.2. The second kappa shape index (κ2) is 8.11. The van der Waals surface area contributed by atoms with Crippen LogP contribution in [0.1, 0.15) is 11.1 Å². The Hall–Kier alpha value is -1.71. The molecular formula is C20H24NO3P. The molecule has 1 atom stereocenters. The van der Waals surface area contributed by atoms with Gasteiger partial charge >= 0.3 is 7.60 Å². The maximum atomic E-state index is 13.2. The minimum atomic E-state index is -3.26. The van der Waals surface area contributed by atoms with E-state index in [1.165, 1.54) is 25.3 Å². The molecule has 2 aromatic rings. The summed E-state index contributed by atoms with van der Waals surface area (Å²) >= 11 is 0. The fourth-order valence-electron chi connectivity index (χ4n) is 3.32. The summed E-state index contributed by atoms with van der Waals surface area (Å²) in [5.41, 5.74) is 3.47. The average molecular weight is 357 g/mol. The highest BCUT2D eigenvalue weighted by Gasteiger charge is 2.43. The van der Waals surface area contributed by atoms with Gasteiger partial charge in [0.25, 0.3) is 0 Å². The first-order chi connectivity index (χ1) is 12.2. The highest BCUT2D eigenvalue weighted by Crippen LogP contribution is 2.57. The zero-order chi connectivity index (χ0) is 17.7. The molecule has 0 saturated heterocycles. The van der Waals surface area contributed by atoms with Crippen molar-refractivity contribution in [3.63, 3.8) is 0 Å². The van der Waals surface area contributed by atoms with Crippen LogP contribution < -0.4 is 0 Å². The summed E-state index contributed by atoms with van der Waals surface area (Å²) in [6, 6.07) is 20.4. The van der Waals surface area contributed by atoms with Crippen molar-refractivity contribution < 1.29 is 13.6 Å². The van der Waals surface area contributed by atoms with Crippen molar-refractivity contribution >= 4 is 7.60 Å². The molecule has 1 aliphatic rings. The minimum Gasteiger partial charge on any atom is -0.311 e. The van der Waals surface area contributed by atoms with Crippen LogP contribution in [0.15, 0.2) is 72.3 Å². The Morgan fingerprint density at radius 2 is 1.52 bits per heavy atom. The van der Waals surface area contributed by atoms with E-state index in [4.69, 9.17) is 9.05 Å². The summed E-state index contributed by atoms with van der Waals surface area (Å²) < 4.78 is 23.9. The van der Waals surface area contributed by atoms with Crippen molar-refractivity contribution in [2.24, 2.45) is 0 Å². The summed E-state index contributed by atoms with van der Waals surface area (Å²) in [4.78, 5) is 2.17. The molecule has 1 aliphatic heterocycles. The second-order valence-corrected chi connectivity index (χ2v) is 8.43. The summed E-state index contributed by atoms with van der Waals surface area (Å²) in [5, 5.41) is 0. The third kappa shape index (κ3) is 4.10. The molecule has 132 valence electrons. The number of rotatable bonds is 7. The van der Waals surface area contributed by atoms with Crippen LogP contribution in [0.3, 0.4) is 0 Å². The maximum Gasteiger partial charge on any atom is 0.351 e. The molecule has 1 heterocycles. The normalized spacial score (nSPS) is 18.3. The molecule has 0 N–H and O–H groups in total. The monoisotopic (exact) mass is 357 g/mol. The molecule has 0 aromatic heterocycles. The first-order valence-electron chi connectivity index (χ1n) is 8.38. The molecule has 0 spiro atoms. The van der Waals surface area contributed by atoms with Crippen LogP contribution in [0.25, 0.3) is 0 Å². The van der Waals surface area contributed by atoms with Crippen LogP contribution in [0.2, 0.25) is 0 Å². The molecule has 25 heavy (non-hydrogen) atoms. The molecule has 0 fully saturated rings. The van der Waals surface area contributed by atoms with E-state index in [0.29, 0.717) is 6.54 Å². The van der Waals surface area contributed by atoms with Crippen LogP contribution in [-0.2, 0) is 26.6 Å². The predicted octanol–water partition coefficient (Wildman–Crippen LogP) is 4.48. The third-order valence-electron chi connectivity index (χ3n) is 4.55. The van der Waals surface area contributed by atoms with E-state index in [9.17, 15) is 4.57 Å². The number of benzene rings is 2. The van der Waals surface area contributed by atoms with E-state index < -0.39 is 7.60 Å². The van der Waals surface area contributed by atoms with E-state index in [0.717, 1.165) is 18.5 Å². The van der Waals surface area contributed by atoms with Gasteiger partial charge in [0.15, 0.2) is 0 Å². The molecule has 5 heteroatoms. The van der Waals surface area contributed by atoms with Crippen molar-refractivity contribution in [1.29, 1.82) is 0 Å². The largest absolute Gasteiger partial charge is 0.351 e. The molecule has 3 rings (SSSR count). The van der Waals surface area contributed by atoms with Crippen molar-refractivity contribution in [3.05, 3.63) is 83.4 Å². The second-order valence-electron chi connectivity index (χ2n) is 6.14. The van der Waals surface area contributed by atoms with Crippen LogP contribution in [0, 0.1) is 0 Å². The molecule has 0 saturated carbocycles.